The molecule has 0 unspecified atom stereocenters. The highest BCUT2D eigenvalue weighted by molar-refractivity contribution is 5.68. The summed E-state index contributed by atoms with van der Waals surface area (Å²) in [5.74, 6) is -0.350. The van der Waals surface area contributed by atoms with Crippen molar-refractivity contribution in [2.75, 3.05) is 13.1 Å². The van der Waals surface area contributed by atoms with Crippen LogP contribution < -0.4 is 5.32 Å². The average Bonchev–Trinajstić information content (AvgIpc) is 2.37. The van der Waals surface area contributed by atoms with Crippen LogP contribution in [0, 0.1) is 5.82 Å². The number of benzene rings is 1. The fraction of sp³-hybridized carbons (Fsp3) is 0.500. The second kappa shape index (κ2) is 6.02. The van der Waals surface area contributed by atoms with E-state index in [0.717, 1.165) is 13.1 Å². The molecular weight excluding hydrogens is 247 g/mol. The third-order valence-corrected chi connectivity index (χ3v) is 3.35. The number of hydrogen-bond acceptors (Lipinski definition) is 3. The number of halogens is 1. The number of rotatable bonds is 2. The number of nitrogens with one attached hydrogen (secondary N) is 1. The van der Waals surface area contributed by atoms with Crippen LogP contribution in [0.2, 0.25) is 0 Å². The molecule has 1 heterocycles. The van der Waals surface area contributed by atoms with Gasteiger partial charge < -0.3 is 15.0 Å². The predicted molar refractivity (Wildman–Crippen MR) is 70.2 cm³/mol. The molecule has 2 rings (SSSR count). The first-order valence-electron chi connectivity index (χ1n) is 6.49. The molecule has 0 spiro atoms. The van der Waals surface area contributed by atoms with Crippen LogP contribution in [0.4, 0.5) is 9.18 Å². The van der Waals surface area contributed by atoms with Gasteiger partial charge in [0.1, 0.15) is 12.4 Å². The van der Waals surface area contributed by atoms with E-state index >= 15 is 0 Å². The van der Waals surface area contributed by atoms with E-state index in [1.54, 1.807) is 23.1 Å². The van der Waals surface area contributed by atoms with E-state index in [4.69, 9.17) is 4.74 Å². The molecule has 2 atom stereocenters. The van der Waals surface area contributed by atoms with Gasteiger partial charge in [-0.25, -0.2) is 9.18 Å². The first-order chi connectivity index (χ1) is 9.09. The maximum atomic E-state index is 13.4. The lowest BCUT2D eigenvalue weighted by molar-refractivity contribution is 0.0558. The van der Waals surface area contributed by atoms with Crippen LogP contribution in [0.3, 0.4) is 0 Å². The van der Waals surface area contributed by atoms with Crippen molar-refractivity contribution in [3.05, 3.63) is 35.6 Å². The Morgan fingerprint density at radius 1 is 1.37 bits per heavy atom. The fourth-order valence-electron chi connectivity index (χ4n) is 2.32. The Kier molecular flexibility index (Phi) is 4.37. The van der Waals surface area contributed by atoms with E-state index in [0.29, 0.717) is 5.56 Å². The smallest absolute Gasteiger partial charge is 0.410 e. The fourth-order valence-corrected chi connectivity index (χ4v) is 2.32. The van der Waals surface area contributed by atoms with Gasteiger partial charge in [-0.1, -0.05) is 18.2 Å². The van der Waals surface area contributed by atoms with Gasteiger partial charge in [-0.3, -0.25) is 0 Å². The Bertz CT molecular complexity index is 443. The summed E-state index contributed by atoms with van der Waals surface area (Å²) < 4.78 is 18.6. The number of piperazine rings is 1. The zero-order valence-electron chi connectivity index (χ0n) is 11.2. The Morgan fingerprint density at radius 2 is 2.00 bits per heavy atom. The van der Waals surface area contributed by atoms with Crippen molar-refractivity contribution < 1.29 is 13.9 Å². The Labute approximate surface area is 112 Å². The lowest BCUT2D eigenvalue weighted by Gasteiger charge is -2.38. The summed E-state index contributed by atoms with van der Waals surface area (Å²) in [6.07, 6.45) is -0.384. The second-order valence-electron chi connectivity index (χ2n) is 4.91. The maximum absolute atomic E-state index is 13.4. The summed E-state index contributed by atoms with van der Waals surface area (Å²) in [4.78, 5) is 13.8. The second-order valence-corrected chi connectivity index (χ2v) is 4.91. The summed E-state index contributed by atoms with van der Waals surface area (Å²) in [5, 5.41) is 3.24. The number of ether oxygens (including phenoxy) is 1. The van der Waals surface area contributed by atoms with E-state index in [-0.39, 0.29) is 30.6 Å². The molecule has 1 amide bonds. The molecule has 1 aromatic rings. The van der Waals surface area contributed by atoms with Crippen LogP contribution in [-0.2, 0) is 11.3 Å². The number of hydrogen-bond donors (Lipinski definition) is 1. The third kappa shape index (κ3) is 3.23. The van der Waals surface area contributed by atoms with Crippen LogP contribution in [0.25, 0.3) is 0 Å². The number of nitrogens with zero attached hydrogens (tertiary/aromatic N) is 1. The lowest BCUT2D eigenvalue weighted by Crippen LogP contribution is -2.57. The van der Waals surface area contributed by atoms with Gasteiger partial charge >= 0.3 is 6.09 Å². The van der Waals surface area contributed by atoms with Gasteiger partial charge in [-0.15, -0.1) is 0 Å². The first-order valence-corrected chi connectivity index (χ1v) is 6.49. The maximum Gasteiger partial charge on any atom is 0.410 e. The molecule has 0 aromatic heterocycles. The van der Waals surface area contributed by atoms with Crippen molar-refractivity contribution in [1.82, 2.24) is 10.2 Å². The average molecular weight is 266 g/mol. The van der Waals surface area contributed by atoms with Gasteiger partial charge in [-0.05, 0) is 19.9 Å². The minimum Gasteiger partial charge on any atom is -0.444 e. The van der Waals surface area contributed by atoms with Crippen LogP contribution in [-0.4, -0.2) is 36.2 Å². The molecule has 1 aliphatic heterocycles. The minimum absolute atomic E-state index is 0.0329. The van der Waals surface area contributed by atoms with Gasteiger partial charge in [0.15, 0.2) is 0 Å². The van der Waals surface area contributed by atoms with E-state index in [2.05, 4.69) is 5.32 Å². The topological polar surface area (TPSA) is 41.6 Å². The Morgan fingerprint density at radius 3 is 2.63 bits per heavy atom. The summed E-state index contributed by atoms with van der Waals surface area (Å²) in [5.41, 5.74) is 0.395. The van der Waals surface area contributed by atoms with E-state index in [1.165, 1.54) is 6.07 Å². The summed E-state index contributed by atoms with van der Waals surface area (Å²) in [6, 6.07) is 6.48. The third-order valence-electron chi connectivity index (χ3n) is 3.35. The molecule has 104 valence electrons. The highest BCUT2D eigenvalue weighted by Crippen LogP contribution is 2.14. The Hall–Kier alpha value is -1.62. The molecule has 0 saturated carbocycles. The standard InChI is InChI=1S/C14H19FN2O2/c1-10-7-16-8-11(2)17(10)14(18)19-9-12-5-3-4-6-13(12)15/h3-6,10-11,16H,7-9H2,1-2H3/t10-,11+. The van der Waals surface area contributed by atoms with Gasteiger partial charge in [0.25, 0.3) is 0 Å². The van der Waals surface area contributed by atoms with Gasteiger partial charge in [0, 0.05) is 30.7 Å². The van der Waals surface area contributed by atoms with Crippen LogP contribution >= 0.6 is 0 Å². The largest absolute Gasteiger partial charge is 0.444 e. The summed E-state index contributed by atoms with van der Waals surface area (Å²) in [6.45, 7) is 5.40. The SMILES string of the molecule is C[C@@H]1CNC[C@H](C)N1C(=O)OCc1ccccc1F. The van der Waals surface area contributed by atoms with E-state index in [9.17, 15) is 9.18 Å². The van der Waals surface area contributed by atoms with Crippen LogP contribution in [0.1, 0.15) is 19.4 Å². The molecule has 1 saturated heterocycles. The van der Waals surface area contributed by atoms with Gasteiger partial charge in [0.2, 0.25) is 0 Å². The molecule has 0 bridgehead atoms. The molecule has 0 radical (unpaired) electrons. The van der Waals surface area contributed by atoms with Gasteiger partial charge in [-0.2, -0.15) is 0 Å². The normalized spacial score (nSPS) is 23.2. The van der Waals surface area contributed by atoms with Crippen molar-refractivity contribution in [2.45, 2.75) is 32.5 Å². The van der Waals surface area contributed by atoms with Crippen molar-refractivity contribution in [2.24, 2.45) is 0 Å². The number of carbonyl (C=O) groups excluding carboxylic acids is 1. The highest BCUT2D eigenvalue weighted by Gasteiger charge is 2.29. The Balaban J connectivity index is 1.95. The predicted octanol–water partition coefficient (Wildman–Crippen LogP) is 2.14. The zero-order valence-corrected chi connectivity index (χ0v) is 11.2. The van der Waals surface area contributed by atoms with E-state index in [1.807, 2.05) is 13.8 Å². The van der Waals surface area contributed by atoms with Crippen molar-refractivity contribution >= 4 is 6.09 Å². The number of carbonyl (C=O) groups is 1. The molecule has 0 aliphatic carbocycles. The molecule has 1 fully saturated rings. The molecule has 1 N–H and O–H groups in total. The van der Waals surface area contributed by atoms with E-state index < -0.39 is 0 Å². The van der Waals surface area contributed by atoms with Crippen molar-refractivity contribution in [1.29, 1.82) is 0 Å². The molecule has 19 heavy (non-hydrogen) atoms. The summed E-state index contributed by atoms with van der Waals surface area (Å²) in [7, 11) is 0. The first kappa shape index (κ1) is 13.8. The minimum atomic E-state index is -0.384. The molecule has 1 aliphatic rings. The summed E-state index contributed by atoms with van der Waals surface area (Å²) >= 11 is 0. The van der Waals surface area contributed by atoms with Crippen LogP contribution in [0.15, 0.2) is 24.3 Å². The molecular formula is C14H19FN2O2. The highest BCUT2D eigenvalue weighted by atomic mass is 19.1. The zero-order chi connectivity index (χ0) is 13.8. The van der Waals surface area contributed by atoms with Crippen LogP contribution in [0.5, 0.6) is 0 Å². The monoisotopic (exact) mass is 266 g/mol. The quantitative estimate of drug-likeness (QED) is 0.891. The van der Waals surface area contributed by atoms with Crippen molar-refractivity contribution in [3.63, 3.8) is 0 Å². The molecule has 1 aromatic carbocycles. The molecule has 5 heteroatoms. The molecule has 4 nitrogen and oxygen atoms in total. The van der Waals surface area contributed by atoms with Crippen molar-refractivity contribution in [3.8, 4) is 0 Å². The number of amides is 1. The lowest BCUT2D eigenvalue weighted by atomic mass is 10.1. The van der Waals surface area contributed by atoms with Gasteiger partial charge in [0.05, 0.1) is 0 Å².